The molecule has 0 saturated carbocycles. The highest BCUT2D eigenvalue weighted by molar-refractivity contribution is 6.31. The SMILES string of the molecule is CCCc1c(CN)nnn1Cc1ccccc1Cl. The van der Waals surface area contributed by atoms with E-state index >= 15 is 0 Å². The van der Waals surface area contributed by atoms with E-state index < -0.39 is 0 Å². The summed E-state index contributed by atoms with van der Waals surface area (Å²) in [6, 6.07) is 7.78. The maximum Gasteiger partial charge on any atom is 0.0994 e. The molecule has 0 amide bonds. The van der Waals surface area contributed by atoms with Crippen LogP contribution in [-0.4, -0.2) is 15.0 Å². The highest BCUT2D eigenvalue weighted by Gasteiger charge is 2.11. The van der Waals surface area contributed by atoms with Gasteiger partial charge in [-0.05, 0) is 18.1 Å². The molecule has 0 fully saturated rings. The molecule has 4 nitrogen and oxygen atoms in total. The van der Waals surface area contributed by atoms with Crippen molar-refractivity contribution in [1.29, 1.82) is 0 Å². The topological polar surface area (TPSA) is 56.7 Å². The van der Waals surface area contributed by atoms with Crippen molar-refractivity contribution in [3.05, 3.63) is 46.2 Å². The van der Waals surface area contributed by atoms with Gasteiger partial charge in [0, 0.05) is 11.6 Å². The van der Waals surface area contributed by atoms with E-state index in [0.29, 0.717) is 13.1 Å². The van der Waals surface area contributed by atoms with Crippen LogP contribution < -0.4 is 5.73 Å². The van der Waals surface area contributed by atoms with Crippen molar-refractivity contribution in [2.75, 3.05) is 0 Å². The third-order valence-corrected chi connectivity index (χ3v) is 3.24. The lowest BCUT2D eigenvalue weighted by Crippen LogP contribution is -2.09. The molecule has 2 N–H and O–H groups in total. The monoisotopic (exact) mass is 264 g/mol. The van der Waals surface area contributed by atoms with Gasteiger partial charge in [-0.1, -0.05) is 48.4 Å². The van der Waals surface area contributed by atoms with E-state index in [2.05, 4.69) is 17.2 Å². The number of halogens is 1. The number of hydrogen-bond donors (Lipinski definition) is 1. The molecule has 96 valence electrons. The Kier molecular flexibility index (Phi) is 4.33. The molecular weight excluding hydrogens is 248 g/mol. The molecule has 5 heteroatoms. The normalized spacial score (nSPS) is 10.8. The molecule has 0 spiro atoms. The number of benzene rings is 1. The van der Waals surface area contributed by atoms with Gasteiger partial charge in [-0.15, -0.1) is 5.10 Å². The lowest BCUT2D eigenvalue weighted by Gasteiger charge is -2.08. The lowest BCUT2D eigenvalue weighted by molar-refractivity contribution is 0.613. The summed E-state index contributed by atoms with van der Waals surface area (Å²) in [5.74, 6) is 0. The molecule has 0 unspecified atom stereocenters. The van der Waals surface area contributed by atoms with Gasteiger partial charge in [-0.2, -0.15) is 0 Å². The Morgan fingerprint density at radius 1 is 1.33 bits per heavy atom. The van der Waals surface area contributed by atoms with E-state index in [1.165, 1.54) is 0 Å². The summed E-state index contributed by atoms with van der Waals surface area (Å²) in [7, 11) is 0. The van der Waals surface area contributed by atoms with E-state index in [1.54, 1.807) is 0 Å². The van der Waals surface area contributed by atoms with Gasteiger partial charge < -0.3 is 5.73 Å². The zero-order valence-electron chi connectivity index (χ0n) is 10.4. The number of nitrogens with two attached hydrogens (primary N) is 1. The van der Waals surface area contributed by atoms with Crippen molar-refractivity contribution in [1.82, 2.24) is 15.0 Å². The summed E-state index contributed by atoms with van der Waals surface area (Å²) in [6.45, 7) is 3.20. The Morgan fingerprint density at radius 2 is 2.11 bits per heavy atom. The summed E-state index contributed by atoms with van der Waals surface area (Å²) < 4.78 is 1.90. The fourth-order valence-corrected chi connectivity index (χ4v) is 2.15. The van der Waals surface area contributed by atoms with Crippen LogP contribution in [0.15, 0.2) is 24.3 Å². The molecule has 0 aliphatic rings. The Balaban J connectivity index is 2.29. The first-order chi connectivity index (χ1) is 8.76. The van der Waals surface area contributed by atoms with E-state index in [-0.39, 0.29) is 0 Å². The molecule has 2 aromatic rings. The van der Waals surface area contributed by atoms with Crippen molar-refractivity contribution >= 4 is 11.6 Å². The maximum absolute atomic E-state index is 6.16. The predicted molar refractivity (Wildman–Crippen MR) is 72.5 cm³/mol. The molecule has 0 saturated heterocycles. The Bertz CT molecular complexity index is 521. The van der Waals surface area contributed by atoms with E-state index in [9.17, 15) is 0 Å². The zero-order chi connectivity index (χ0) is 13.0. The summed E-state index contributed by atoms with van der Waals surface area (Å²) >= 11 is 6.16. The van der Waals surface area contributed by atoms with Crippen LogP contribution in [0, 0.1) is 0 Å². The average Bonchev–Trinajstić information content (AvgIpc) is 2.75. The first-order valence-corrected chi connectivity index (χ1v) is 6.48. The van der Waals surface area contributed by atoms with Gasteiger partial charge in [-0.25, -0.2) is 4.68 Å². The standard InChI is InChI=1S/C13H17ClN4/c1-2-5-13-12(8-15)16-17-18(13)9-10-6-3-4-7-11(10)14/h3-4,6-7H,2,5,8-9,15H2,1H3. The van der Waals surface area contributed by atoms with Crippen LogP contribution in [0.4, 0.5) is 0 Å². The van der Waals surface area contributed by atoms with Crippen LogP contribution >= 0.6 is 11.6 Å². The summed E-state index contributed by atoms with van der Waals surface area (Å²) in [4.78, 5) is 0. The number of hydrogen-bond acceptors (Lipinski definition) is 3. The van der Waals surface area contributed by atoms with Gasteiger partial charge in [0.1, 0.15) is 0 Å². The molecule has 0 bridgehead atoms. The van der Waals surface area contributed by atoms with E-state index in [1.807, 2.05) is 28.9 Å². The van der Waals surface area contributed by atoms with Gasteiger partial charge in [0.15, 0.2) is 0 Å². The minimum atomic E-state index is 0.428. The van der Waals surface area contributed by atoms with Crippen LogP contribution in [0.3, 0.4) is 0 Å². The molecular formula is C13H17ClN4. The Hall–Kier alpha value is -1.39. The van der Waals surface area contributed by atoms with E-state index in [0.717, 1.165) is 34.8 Å². The lowest BCUT2D eigenvalue weighted by atomic mass is 10.2. The second-order valence-electron chi connectivity index (χ2n) is 4.19. The highest BCUT2D eigenvalue weighted by Crippen LogP contribution is 2.17. The number of nitrogens with zero attached hydrogens (tertiary/aromatic N) is 3. The molecule has 0 radical (unpaired) electrons. The molecule has 0 aliphatic carbocycles. The summed E-state index contributed by atoms with van der Waals surface area (Å²) in [6.07, 6.45) is 1.98. The smallest absolute Gasteiger partial charge is 0.0994 e. The van der Waals surface area contributed by atoms with Gasteiger partial charge in [0.2, 0.25) is 0 Å². The first kappa shape index (κ1) is 13.1. The second kappa shape index (κ2) is 5.98. The van der Waals surface area contributed by atoms with Crippen molar-refractivity contribution in [2.24, 2.45) is 5.73 Å². The Morgan fingerprint density at radius 3 is 2.78 bits per heavy atom. The fraction of sp³-hybridized carbons (Fsp3) is 0.385. The number of aromatic nitrogens is 3. The minimum absolute atomic E-state index is 0.428. The molecule has 2 rings (SSSR count). The second-order valence-corrected chi connectivity index (χ2v) is 4.59. The third-order valence-electron chi connectivity index (χ3n) is 2.88. The minimum Gasteiger partial charge on any atom is -0.325 e. The van der Waals surface area contributed by atoms with Gasteiger partial charge in [-0.3, -0.25) is 0 Å². The van der Waals surface area contributed by atoms with Crippen LogP contribution in [0.1, 0.15) is 30.3 Å². The quantitative estimate of drug-likeness (QED) is 0.902. The van der Waals surface area contributed by atoms with Crippen LogP contribution in [0.2, 0.25) is 5.02 Å². The highest BCUT2D eigenvalue weighted by atomic mass is 35.5. The zero-order valence-corrected chi connectivity index (χ0v) is 11.2. The summed E-state index contributed by atoms with van der Waals surface area (Å²) in [5.41, 5.74) is 8.71. The van der Waals surface area contributed by atoms with Crippen molar-refractivity contribution in [3.63, 3.8) is 0 Å². The summed E-state index contributed by atoms with van der Waals surface area (Å²) in [5, 5.41) is 9.05. The van der Waals surface area contributed by atoms with E-state index in [4.69, 9.17) is 17.3 Å². The van der Waals surface area contributed by atoms with Crippen molar-refractivity contribution in [2.45, 2.75) is 32.9 Å². The maximum atomic E-state index is 6.16. The molecule has 18 heavy (non-hydrogen) atoms. The largest absolute Gasteiger partial charge is 0.325 e. The molecule has 0 atom stereocenters. The van der Waals surface area contributed by atoms with Crippen LogP contribution in [-0.2, 0) is 19.5 Å². The molecule has 1 heterocycles. The third kappa shape index (κ3) is 2.71. The molecule has 1 aromatic heterocycles. The van der Waals surface area contributed by atoms with Crippen LogP contribution in [0.25, 0.3) is 0 Å². The van der Waals surface area contributed by atoms with Crippen molar-refractivity contribution < 1.29 is 0 Å². The average molecular weight is 265 g/mol. The van der Waals surface area contributed by atoms with Gasteiger partial charge >= 0.3 is 0 Å². The predicted octanol–water partition coefficient (Wildman–Crippen LogP) is 2.39. The number of rotatable bonds is 5. The molecule has 1 aromatic carbocycles. The van der Waals surface area contributed by atoms with Gasteiger partial charge in [0.25, 0.3) is 0 Å². The van der Waals surface area contributed by atoms with Crippen molar-refractivity contribution in [3.8, 4) is 0 Å². The Labute approximate surface area is 112 Å². The van der Waals surface area contributed by atoms with Crippen LogP contribution in [0.5, 0.6) is 0 Å². The van der Waals surface area contributed by atoms with Gasteiger partial charge in [0.05, 0.1) is 17.9 Å². The first-order valence-electron chi connectivity index (χ1n) is 6.11. The molecule has 0 aliphatic heterocycles. The fourth-order valence-electron chi connectivity index (χ4n) is 1.95.